The number of rotatable bonds is 6. The predicted octanol–water partition coefficient (Wildman–Crippen LogP) is 5.54. The zero-order chi connectivity index (χ0) is 24.2. The van der Waals surface area contributed by atoms with Gasteiger partial charge in [-0.05, 0) is 17.7 Å². The van der Waals surface area contributed by atoms with E-state index in [-0.39, 0.29) is 11.7 Å². The highest BCUT2D eigenvalue weighted by molar-refractivity contribution is 5.96. The van der Waals surface area contributed by atoms with Gasteiger partial charge in [0.1, 0.15) is 16.4 Å². The predicted molar refractivity (Wildman–Crippen MR) is 130 cm³/mol. The van der Waals surface area contributed by atoms with Crippen molar-refractivity contribution in [2.75, 3.05) is 0 Å². The first kappa shape index (κ1) is 21.8. The van der Waals surface area contributed by atoms with Gasteiger partial charge >= 0.3 is 11.8 Å². The van der Waals surface area contributed by atoms with E-state index in [2.05, 4.69) is 10.5 Å². The molecule has 1 amide bonds. The van der Waals surface area contributed by atoms with Crippen LogP contribution in [0.1, 0.15) is 33.2 Å². The summed E-state index contributed by atoms with van der Waals surface area (Å²) in [5.74, 6) is -0.286. The van der Waals surface area contributed by atoms with E-state index < -0.39 is 16.7 Å². The lowest BCUT2D eigenvalue weighted by atomic mass is 9.82. The van der Waals surface area contributed by atoms with Gasteiger partial charge in [0.2, 0.25) is 5.76 Å². The number of carbonyl (C=O) groups is 1. The van der Waals surface area contributed by atoms with E-state index in [1.165, 1.54) is 6.07 Å². The monoisotopic (exact) mass is 465 g/mol. The third-order valence-corrected chi connectivity index (χ3v) is 5.55. The van der Waals surface area contributed by atoms with Crippen LogP contribution in [0, 0.1) is 10.1 Å². The second-order valence-electron chi connectivity index (χ2n) is 7.73. The fourth-order valence-corrected chi connectivity index (χ4v) is 4.00. The van der Waals surface area contributed by atoms with Crippen LogP contribution in [0.5, 0.6) is 5.75 Å². The molecule has 4 aromatic rings. The summed E-state index contributed by atoms with van der Waals surface area (Å²) in [6.07, 6.45) is 1.55. The van der Waals surface area contributed by atoms with E-state index >= 15 is 0 Å². The van der Waals surface area contributed by atoms with E-state index in [0.29, 0.717) is 5.76 Å². The minimum atomic E-state index is -0.710. The quantitative estimate of drug-likeness (QED) is 0.229. The summed E-state index contributed by atoms with van der Waals surface area (Å²) in [5.41, 5.74) is 5.99. The molecule has 0 radical (unpaired) electrons. The fourth-order valence-electron chi connectivity index (χ4n) is 4.00. The lowest BCUT2D eigenvalue weighted by molar-refractivity contribution is -0.402. The molecule has 5 rings (SSSR count). The summed E-state index contributed by atoms with van der Waals surface area (Å²) in [6.45, 7) is 0. The number of amides is 1. The lowest BCUT2D eigenvalue weighted by Gasteiger charge is -2.29. The van der Waals surface area contributed by atoms with Gasteiger partial charge in [-0.1, -0.05) is 78.9 Å². The first-order valence-corrected chi connectivity index (χ1v) is 10.8. The van der Waals surface area contributed by atoms with E-state index in [0.717, 1.165) is 34.1 Å². The van der Waals surface area contributed by atoms with Crippen molar-refractivity contribution in [2.24, 2.45) is 5.10 Å². The summed E-state index contributed by atoms with van der Waals surface area (Å²) < 4.78 is 11.3. The molecule has 172 valence electrons. The maximum absolute atomic E-state index is 12.4. The number of para-hydroxylation sites is 1. The number of carbonyl (C=O) groups excluding carboxylic acids is 1. The standard InChI is InChI=1S/C27H19N3O5/c31-27(23-15-16-24(34-23)30(32)33)29-28-17-21-25(18-9-3-1-4-10-18)20-13-7-8-14-22(20)35-26(21)19-11-5-2-6-12-19/h1-17,25H,(H,29,31)/b28-17-/t25-/m0/s1. The molecule has 1 aromatic heterocycles. The average Bonchev–Trinajstić information content (AvgIpc) is 3.40. The molecular weight excluding hydrogens is 446 g/mol. The molecule has 0 fully saturated rings. The highest BCUT2D eigenvalue weighted by Crippen LogP contribution is 2.44. The molecule has 3 aromatic carbocycles. The number of fused-ring (bicyclic) bond motifs is 1. The second kappa shape index (κ2) is 9.48. The molecule has 1 aliphatic heterocycles. The minimum Gasteiger partial charge on any atom is -0.456 e. The number of nitrogens with one attached hydrogen (secondary N) is 1. The number of hydrogen-bond acceptors (Lipinski definition) is 6. The number of ether oxygens (including phenoxy) is 1. The number of nitro groups is 1. The summed E-state index contributed by atoms with van der Waals surface area (Å²) in [6, 6.07) is 29.7. The molecule has 35 heavy (non-hydrogen) atoms. The van der Waals surface area contributed by atoms with Gasteiger partial charge in [-0.25, -0.2) is 5.43 Å². The Kier molecular flexibility index (Phi) is 5.92. The smallest absolute Gasteiger partial charge is 0.433 e. The molecule has 8 heteroatoms. The number of nitrogens with zero attached hydrogens (tertiary/aromatic N) is 2. The van der Waals surface area contributed by atoms with Gasteiger partial charge in [0.25, 0.3) is 0 Å². The number of hydrazone groups is 1. The van der Waals surface area contributed by atoms with Crippen LogP contribution in [-0.2, 0) is 0 Å². The fraction of sp³-hybridized carbons (Fsp3) is 0.0370. The maximum Gasteiger partial charge on any atom is 0.433 e. The van der Waals surface area contributed by atoms with Crippen molar-refractivity contribution < 1.29 is 18.9 Å². The first-order valence-electron chi connectivity index (χ1n) is 10.8. The van der Waals surface area contributed by atoms with E-state index in [9.17, 15) is 14.9 Å². The number of hydrogen-bond donors (Lipinski definition) is 1. The highest BCUT2D eigenvalue weighted by Gasteiger charge is 2.30. The topological polar surface area (TPSA) is 107 Å². The molecule has 1 N–H and O–H groups in total. The molecule has 8 nitrogen and oxygen atoms in total. The van der Waals surface area contributed by atoms with Crippen molar-refractivity contribution >= 4 is 23.8 Å². The summed E-state index contributed by atoms with van der Waals surface area (Å²) >= 11 is 0. The van der Waals surface area contributed by atoms with Crippen LogP contribution in [0.25, 0.3) is 5.76 Å². The molecule has 0 saturated heterocycles. The van der Waals surface area contributed by atoms with Crippen molar-refractivity contribution in [3.8, 4) is 5.75 Å². The Morgan fingerprint density at radius 1 is 0.914 bits per heavy atom. The normalized spacial score (nSPS) is 14.9. The van der Waals surface area contributed by atoms with E-state index in [1.807, 2.05) is 84.9 Å². The Hall–Kier alpha value is -4.98. The first-order chi connectivity index (χ1) is 17.1. The van der Waals surface area contributed by atoms with Gasteiger partial charge in [0.05, 0.1) is 12.3 Å². The minimum absolute atomic E-state index is 0.207. The van der Waals surface area contributed by atoms with Crippen molar-refractivity contribution in [1.29, 1.82) is 0 Å². The summed E-state index contributed by atoms with van der Waals surface area (Å²) in [5, 5.41) is 15.0. The lowest BCUT2D eigenvalue weighted by Crippen LogP contribution is -2.20. The van der Waals surface area contributed by atoms with Gasteiger partial charge < -0.3 is 9.15 Å². The van der Waals surface area contributed by atoms with Gasteiger partial charge in [0.15, 0.2) is 0 Å². The third kappa shape index (κ3) is 4.45. The van der Waals surface area contributed by atoms with Gasteiger partial charge in [-0.2, -0.15) is 5.10 Å². The van der Waals surface area contributed by atoms with Crippen molar-refractivity contribution in [3.05, 3.63) is 135 Å². The third-order valence-electron chi connectivity index (χ3n) is 5.55. The molecule has 2 heterocycles. The van der Waals surface area contributed by atoms with Crippen LogP contribution in [0.3, 0.4) is 0 Å². The molecule has 0 unspecified atom stereocenters. The molecule has 1 atom stereocenters. The Bertz CT molecular complexity index is 1440. The van der Waals surface area contributed by atoms with Crippen molar-refractivity contribution in [2.45, 2.75) is 5.92 Å². The van der Waals surface area contributed by atoms with Crippen LogP contribution in [0.4, 0.5) is 5.88 Å². The van der Waals surface area contributed by atoms with Crippen LogP contribution >= 0.6 is 0 Å². The Balaban J connectivity index is 1.56. The van der Waals surface area contributed by atoms with Crippen LogP contribution in [0.2, 0.25) is 0 Å². The molecular formula is C27H19N3O5. The Labute approximate surface area is 200 Å². The van der Waals surface area contributed by atoms with E-state index in [4.69, 9.17) is 9.15 Å². The SMILES string of the molecule is O=C(N/N=C\C1=C(c2ccccc2)Oc2ccccc2[C@@H]1c1ccccc1)c1ccc([N+](=O)[O-])o1. The van der Waals surface area contributed by atoms with Gasteiger partial charge in [-0.15, -0.1) is 0 Å². The number of furan rings is 1. The number of allylic oxidation sites excluding steroid dienone is 1. The van der Waals surface area contributed by atoms with Crippen LogP contribution in [-0.4, -0.2) is 17.0 Å². The summed E-state index contributed by atoms with van der Waals surface area (Å²) in [4.78, 5) is 22.6. The van der Waals surface area contributed by atoms with Gasteiger partial charge in [0, 0.05) is 22.6 Å². The molecule has 0 spiro atoms. The molecule has 0 saturated carbocycles. The average molecular weight is 465 g/mol. The molecule has 0 bridgehead atoms. The van der Waals surface area contributed by atoms with Crippen molar-refractivity contribution in [1.82, 2.24) is 5.43 Å². The van der Waals surface area contributed by atoms with Crippen LogP contribution in [0.15, 0.2) is 112 Å². The Morgan fingerprint density at radius 3 is 2.31 bits per heavy atom. The largest absolute Gasteiger partial charge is 0.456 e. The zero-order valence-corrected chi connectivity index (χ0v) is 18.3. The maximum atomic E-state index is 12.4. The Morgan fingerprint density at radius 2 is 1.60 bits per heavy atom. The number of benzene rings is 3. The zero-order valence-electron chi connectivity index (χ0n) is 18.3. The van der Waals surface area contributed by atoms with Crippen molar-refractivity contribution in [3.63, 3.8) is 0 Å². The highest BCUT2D eigenvalue weighted by atomic mass is 16.6. The molecule has 1 aliphatic rings. The second-order valence-corrected chi connectivity index (χ2v) is 7.73. The van der Waals surface area contributed by atoms with E-state index in [1.54, 1.807) is 6.21 Å². The summed E-state index contributed by atoms with van der Waals surface area (Å²) in [7, 11) is 0. The molecule has 0 aliphatic carbocycles. The van der Waals surface area contributed by atoms with Crippen LogP contribution < -0.4 is 10.2 Å². The van der Waals surface area contributed by atoms with Gasteiger partial charge in [-0.3, -0.25) is 14.9 Å².